The predicted octanol–water partition coefficient (Wildman–Crippen LogP) is 4.69. The molecule has 0 spiro atoms. The number of halogens is 2. The zero-order valence-electron chi connectivity index (χ0n) is 13.1. The van der Waals surface area contributed by atoms with Crippen LogP contribution in [0.1, 0.15) is 12.8 Å². The van der Waals surface area contributed by atoms with E-state index in [4.69, 9.17) is 16.3 Å². The van der Waals surface area contributed by atoms with Crippen LogP contribution in [0.25, 0.3) is 11.1 Å². The second-order valence-corrected chi connectivity index (χ2v) is 6.12. The number of pyridine rings is 1. The summed E-state index contributed by atoms with van der Waals surface area (Å²) in [5.74, 6) is 0.715. The number of isothiocyanates is 1. The van der Waals surface area contributed by atoms with Crippen molar-refractivity contribution < 1.29 is 4.74 Å². The summed E-state index contributed by atoms with van der Waals surface area (Å²) in [7, 11) is 1.96. The molecule has 1 fully saturated rings. The van der Waals surface area contributed by atoms with Crippen molar-refractivity contribution in [3.05, 3.63) is 41.7 Å². The Morgan fingerprint density at radius 1 is 1.38 bits per heavy atom. The van der Waals surface area contributed by atoms with Crippen LogP contribution in [0.3, 0.4) is 0 Å². The first-order valence-electron chi connectivity index (χ1n) is 7.31. The fourth-order valence-corrected chi connectivity index (χ4v) is 2.64. The molecular formula is C17H17Cl2N3OS. The van der Waals surface area contributed by atoms with Gasteiger partial charge in [0.25, 0.3) is 0 Å². The van der Waals surface area contributed by atoms with Crippen molar-refractivity contribution in [2.24, 2.45) is 4.99 Å². The molecule has 0 amide bonds. The van der Waals surface area contributed by atoms with Gasteiger partial charge in [-0.1, -0.05) is 23.7 Å². The second-order valence-electron chi connectivity index (χ2n) is 5.58. The molecule has 0 atom stereocenters. The van der Waals surface area contributed by atoms with Gasteiger partial charge < -0.3 is 10.1 Å². The molecule has 1 heterocycles. The predicted molar refractivity (Wildman–Crippen MR) is 103 cm³/mol. The quantitative estimate of drug-likeness (QED) is 0.447. The third kappa shape index (κ3) is 4.32. The van der Waals surface area contributed by atoms with Gasteiger partial charge in [0, 0.05) is 5.56 Å². The fourth-order valence-electron chi connectivity index (χ4n) is 2.32. The summed E-state index contributed by atoms with van der Waals surface area (Å²) in [5, 5.41) is 6.09. The zero-order chi connectivity index (χ0) is 16.3. The number of rotatable bonds is 6. The smallest absolute Gasteiger partial charge is 0.138 e. The molecule has 0 unspecified atom stereocenters. The monoisotopic (exact) mass is 381 g/mol. The number of aromatic nitrogens is 1. The first-order chi connectivity index (χ1) is 11.2. The number of ether oxygens (including phenoxy) is 1. The van der Waals surface area contributed by atoms with Crippen LogP contribution in [-0.2, 0) is 0 Å². The van der Waals surface area contributed by atoms with Gasteiger partial charge in [0.1, 0.15) is 17.5 Å². The van der Waals surface area contributed by atoms with Crippen LogP contribution >= 0.6 is 36.2 Å². The number of nitrogens with one attached hydrogen (secondary N) is 1. The second kappa shape index (κ2) is 8.06. The molecule has 7 heteroatoms. The van der Waals surface area contributed by atoms with Crippen molar-refractivity contribution in [3.63, 3.8) is 0 Å². The highest BCUT2D eigenvalue weighted by Gasteiger charge is 2.41. The van der Waals surface area contributed by atoms with Crippen LogP contribution < -0.4 is 10.1 Å². The van der Waals surface area contributed by atoms with Gasteiger partial charge in [0.05, 0.1) is 22.6 Å². The average Bonchev–Trinajstić information content (AvgIpc) is 3.36. The molecule has 1 saturated carbocycles. The summed E-state index contributed by atoms with van der Waals surface area (Å²) in [6, 6.07) is 9.48. The molecule has 0 radical (unpaired) electrons. The van der Waals surface area contributed by atoms with Gasteiger partial charge in [-0.25, -0.2) is 4.98 Å². The van der Waals surface area contributed by atoms with Gasteiger partial charge >= 0.3 is 0 Å². The topological polar surface area (TPSA) is 46.5 Å². The minimum absolute atomic E-state index is 0. The highest BCUT2D eigenvalue weighted by molar-refractivity contribution is 7.78. The van der Waals surface area contributed by atoms with Crippen LogP contribution in [0.4, 0.5) is 5.69 Å². The Kier molecular flexibility index (Phi) is 6.33. The lowest BCUT2D eigenvalue weighted by Gasteiger charge is -2.15. The molecule has 1 aliphatic rings. The Morgan fingerprint density at radius 3 is 2.67 bits per heavy atom. The lowest BCUT2D eigenvalue weighted by molar-refractivity contribution is 0.259. The summed E-state index contributed by atoms with van der Waals surface area (Å²) >= 11 is 10.8. The molecule has 1 N–H and O–H groups in total. The van der Waals surface area contributed by atoms with E-state index in [1.165, 1.54) is 0 Å². The normalized spacial score (nSPS) is 14.2. The van der Waals surface area contributed by atoms with Crippen LogP contribution in [0.5, 0.6) is 5.75 Å². The van der Waals surface area contributed by atoms with E-state index in [0.29, 0.717) is 17.5 Å². The number of nitrogens with zero attached hydrogens (tertiary/aromatic N) is 2. The van der Waals surface area contributed by atoms with E-state index in [1.807, 2.05) is 37.4 Å². The molecule has 1 aromatic carbocycles. The maximum Gasteiger partial charge on any atom is 0.138 e. The third-order valence-electron chi connectivity index (χ3n) is 4.07. The lowest BCUT2D eigenvalue weighted by Crippen LogP contribution is -2.33. The molecule has 1 aliphatic carbocycles. The van der Waals surface area contributed by atoms with E-state index in [9.17, 15) is 0 Å². The minimum atomic E-state index is 0. The van der Waals surface area contributed by atoms with E-state index in [0.717, 1.165) is 29.7 Å². The van der Waals surface area contributed by atoms with Crippen molar-refractivity contribution in [2.45, 2.75) is 18.4 Å². The van der Waals surface area contributed by atoms with Gasteiger partial charge in [-0.3, -0.25) is 0 Å². The molecule has 0 bridgehead atoms. The van der Waals surface area contributed by atoms with Crippen molar-refractivity contribution in [3.8, 4) is 16.9 Å². The summed E-state index contributed by atoms with van der Waals surface area (Å²) < 4.78 is 5.88. The molecule has 1 aromatic heterocycles. The average molecular weight is 382 g/mol. The van der Waals surface area contributed by atoms with Gasteiger partial charge in [-0.05, 0) is 55.9 Å². The number of hydrogen-bond donors (Lipinski definition) is 1. The molecule has 0 saturated heterocycles. The zero-order valence-corrected chi connectivity index (χ0v) is 15.5. The van der Waals surface area contributed by atoms with E-state index < -0.39 is 0 Å². The fraction of sp³-hybridized carbons (Fsp3) is 0.294. The number of aliphatic imine (C=N–C) groups is 1. The summed E-state index contributed by atoms with van der Waals surface area (Å²) in [6.45, 7) is 0.634. The maximum absolute atomic E-state index is 6.23. The Labute approximate surface area is 157 Å². The largest absolute Gasteiger partial charge is 0.490 e. The van der Waals surface area contributed by atoms with Crippen LogP contribution in [0.15, 0.2) is 41.5 Å². The lowest BCUT2D eigenvalue weighted by atomic mass is 10.1. The van der Waals surface area contributed by atoms with E-state index in [2.05, 4.69) is 32.7 Å². The van der Waals surface area contributed by atoms with E-state index >= 15 is 0 Å². The van der Waals surface area contributed by atoms with Gasteiger partial charge in [0.15, 0.2) is 0 Å². The Morgan fingerprint density at radius 2 is 2.08 bits per heavy atom. The Balaban J connectivity index is 0.00000208. The first-order valence-corrected chi connectivity index (χ1v) is 8.10. The van der Waals surface area contributed by atoms with E-state index in [-0.39, 0.29) is 17.9 Å². The molecule has 126 valence electrons. The third-order valence-corrected chi connectivity index (χ3v) is 4.46. The van der Waals surface area contributed by atoms with Gasteiger partial charge in [0.2, 0.25) is 0 Å². The SMILES string of the molecule is CNC1(COc2cnc(Cl)c(-c3ccc(N=C=S)cc3)c2)CC1.Cl. The molecule has 3 rings (SSSR count). The molecule has 2 aromatic rings. The first kappa shape index (κ1) is 18.8. The van der Waals surface area contributed by atoms with Crippen molar-refractivity contribution in [1.82, 2.24) is 10.3 Å². The minimum Gasteiger partial charge on any atom is -0.490 e. The van der Waals surface area contributed by atoms with Gasteiger partial charge in [-0.15, -0.1) is 12.4 Å². The Hall–Kier alpha value is -1.49. The standard InChI is InChI=1S/C17H16ClN3OS.ClH/c1-19-17(6-7-17)10-22-14-8-15(16(18)20-9-14)12-2-4-13(5-3-12)21-11-23;/h2-5,8-9,19H,6-7,10H2,1H3;1H. The van der Waals surface area contributed by atoms with Crippen LogP contribution in [-0.4, -0.2) is 29.3 Å². The Bertz CT molecular complexity index is 757. The summed E-state index contributed by atoms with van der Waals surface area (Å²) in [6.07, 6.45) is 3.93. The molecule has 24 heavy (non-hydrogen) atoms. The highest BCUT2D eigenvalue weighted by atomic mass is 35.5. The number of benzene rings is 1. The summed E-state index contributed by atoms with van der Waals surface area (Å²) in [4.78, 5) is 8.17. The van der Waals surface area contributed by atoms with E-state index in [1.54, 1.807) is 6.20 Å². The van der Waals surface area contributed by atoms with Crippen LogP contribution in [0, 0.1) is 0 Å². The number of hydrogen-bond acceptors (Lipinski definition) is 5. The highest BCUT2D eigenvalue weighted by Crippen LogP contribution is 2.36. The van der Waals surface area contributed by atoms with Crippen molar-refractivity contribution in [2.75, 3.05) is 13.7 Å². The molecule has 4 nitrogen and oxygen atoms in total. The number of thiocarbonyl (C=S) groups is 1. The molecular weight excluding hydrogens is 365 g/mol. The van der Waals surface area contributed by atoms with Crippen LogP contribution in [0.2, 0.25) is 5.15 Å². The maximum atomic E-state index is 6.23. The molecule has 0 aliphatic heterocycles. The van der Waals surface area contributed by atoms with Crippen molar-refractivity contribution >= 4 is 47.1 Å². The number of likely N-dealkylation sites (N-methyl/N-ethyl adjacent to an activating group) is 1. The summed E-state index contributed by atoms with van der Waals surface area (Å²) in [5.41, 5.74) is 2.66. The van der Waals surface area contributed by atoms with Gasteiger partial charge in [-0.2, -0.15) is 4.99 Å². The van der Waals surface area contributed by atoms with Crippen molar-refractivity contribution in [1.29, 1.82) is 0 Å².